The van der Waals surface area contributed by atoms with E-state index in [4.69, 9.17) is 0 Å². The number of hydrogen-bond donors (Lipinski definition) is 1. The van der Waals surface area contributed by atoms with E-state index in [9.17, 15) is 22.0 Å². The lowest BCUT2D eigenvalue weighted by molar-refractivity contribution is 0.0950. The third kappa shape index (κ3) is 4.43. The second kappa shape index (κ2) is 8.40. The number of carbonyl (C=O) groups excluding carboxylic acids is 1. The summed E-state index contributed by atoms with van der Waals surface area (Å²) in [6, 6.07) is 16.9. The Morgan fingerprint density at radius 2 is 1.59 bits per heavy atom. The summed E-state index contributed by atoms with van der Waals surface area (Å²) in [7, 11) is -2.86. The Balaban J connectivity index is 1.82. The van der Waals surface area contributed by atoms with Crippen LogP contribution in [-0.2, 0) is 16.6 Å². The second-order valence-corrected chi connectivity index (χ2v) is 8.20. The molecule has 0 fully saturated rings. The maximum atomic E-state index is 14.0. The number of hydrogen-bond acceptors (Lipinski definition) is 3. The predicted molar refractivity (Wildman–Crippen MR) is 106 cm³/mol. The van der Waals surface area contributed by atoms with Crippen molar-refractivity contribution in [2.75, 3.05) is 11.4 Å². The van der Waals surface area contributed by atoms with Gasteiger partial charge in [0.05, 0.1) is 10.6 Å². The van der Waals surface area contributed by atoms with Gasteiger partial charge in [-0.3, -0.25) is 9.10 Å². The van der Waals surface area contributed by atoms with E-state index in [0.717, 1.165) is 10.4 Å². The Morgan fingerprint density at radius 3 is 2.28 bits per heavy atom. The number of benzene rings is 3. The number of sulfonamides is 1. The van der Waals surface area contributed by atoms with Crippen LogP contribution in [0.25, 0.3) is 0 Å². The lowest BCUT2D eigenvalue weighted by atomic mass is 10.2. The fraction of sp³-hybridized carbons (Fsp3) is 0.0952. The number of nitrogens with one attached hydrogen (secondary N) is 1. The van der Waals surface area contributed by atoms with E-state index < -0.39 is 27.6 Å². The summed E-state index contributed by atoms with van der Waals surface area (Å²) in [5.41, 5.74) is 0.287. The molecule has 8 heteroatoms. The molecule has 0 aliphatic rings. The fourth-order valence-electron chi connectivity index (χ4n) is 2.71. The van der Waals surface area contributed by atoms with Gasteiger partial charge >= 0.3 is 0 Å². The number of carbonyl (C=O) groups is 1. The molecule has 0 spiro atoms. The highest BCUT2D eigenvalue weighted by Crippen LogP contribution is 2.25. The lowest BCUT2D eigenvalue weighted by Crippen LogP contribution is -2.28. The summed E-state index contributed by atoms with van der Waals surface area (Å²) in [6.07, 6.45) is 0. The van der Waals surface area contributed by atoms with Gasteiger partial charge in [0, 0.05) is 24.7 Å². The number of halogens is 2. The Labute approximate surface area is 167 Å². The maximum Gasteiger partial charge on any atom is 0.264 e. The number of para-hydroxylation sites is 1. The van der Waals surface area contributed by atoms with Crippen molar-refractivity contribution in [2.24, 2.45) is 0 Å². The van der Waals surface area contributed by atoms with Crippen LogP contribution in [0.1, 0.15) is 15.9 Å². The van der Waals surface area contributed by atoms with Crippen LogP contribution in [0.3, 0.4) is 0 Å². The van der Waals surface area contributed by atoms with E-state index in [-0.39, 0.29) is 22.7 Å². The molecule has 3 aromatic rings. The van der Waals surface area contributed by atoms with Gasteiger partial charge in [0.2, 0.25) is 0 Å². The molecule has 0 aliphatic heterocycles. The summed E-state index contributed by atoms with van der Waals surface area (Å²) in [5, 5.41) is 2.56. The van der Waals surface area contributed by atoms with Crippen LogP contribution in [0.5, 0.6) is 0 Å². The van der Waals surface area contributed by atoms with Crippen LogP contribution in [0.15, 0.2) is 77.7 Å². The molecule has 3 aromatic carbocycles. The van der Waals surface area contributed by atoms with Crippen LogP contribution < -0.4 is 9.62 Å². The Kier molecular flexibility index (Phi) is 5.93. The van der Waals surface area contributed by atoms with E-state index in [0.29, 0.717) is 5.56 Å². The topological polar surface area (TPSA) is 66.5 Å². The molecule has 5 nitrogen and oxygen atoms in total. The van der Waals surface area contributed by atoms with Crippen LogP contribution >= 0.6 is 0 Å². The summed E-state index contributed by atoms with van der Waals surface area (Å²) in [5.74, 6) is -1.69. The van der Waals surface area contributed by atoms with Gasteiger partial charge in [0.25, 0.3) is 15.9 Å². The Bertz CT molecular complexity index is 1150. The van der Waals surface area contributed by atoms with Crippen molar-refractivity contribution >= 4 is 21.6 Å². The lowest BCUT2D eigenvalue weighted by Gasteiger charge is -2.20. The van der Waals surface area contributed by atoms with Crippen molar-refractivity contribution in [3.63, 3.8) is 0 Å². The maximum absolute atomic E-state index is 14.0. The molecule has 0 bridgehead atoms. The standard InChI is InChI=1S/C21H18F2N2O3S/c1-25(20-12-5-4-11-19(20)23)29(27,28)17-9-6-8-15(13-17)21(26)24-14-16-7-2-3-10-18(16)22/h2-13H,14H2,1H3,(H,24,26). The van der Waals surface area contributed by atoms with Gasteiger partial charge in [-0.2, -0.15) is 0 Å². The smallest absolute Gasteiger partial charge is 0.264 e. The van der Waals surface area contributed by atoms with Gasteiger partial charge in [0.1, 0.15) is 11.6 Å². The highest BCUT2D eigenvalue weighted by atomic mass is 32.2. The van der Waals surface area contributed by atoms with Crippen molar-refractivity contribution < 1.29 is 22.0 Å². The van der Waals surface area contributed by atoms with E-state index in [1.807, 2.05) is 0 Å². The van der Waals surface area contributed by atoms with Crippen molar-refractivity contribution in [3.8, 4) is 0 Å². The van der Waals surface area contributed by atoms with Crippen LogP contribution in [0.2, 0.25) is 0 Å². The molecule has 1 amide bonds. The molecule has 0 unspecified atom stereocenters. The molecule has 0 atom stereocenters. The second-order valence-electron chi connectivity index (χ2n) is 6.23. The molecule has 3 rings (SSSR count). The quantitative estimate of drug-likeness (QED) is 0.666. The molecular formula is C21H18F2N2O3S. The minimum atomic E-state index is -4.09. The molecule has 0 aromatic heterocycles. The zero-order chi connectivity index (χ0) is 21.0. The molecule has 0 radical (unpaired) electrons. The third-order valence-corrected chi connectivity index (χ3v) is 6.11. The summed E-state index contributed by atoms with van der Waals surface area (Å²) in [4.78, 5) is 12.2. The molecular weight excluding hydrogens is 398 g/mol. The van der Waals surface area contributed by atoms with Crippen LogP contribution in [0, 0.1) is 11.6 Å². The van der Waals surface area contributed by atoms with Gasteiger partial charge in [-0.15, -0.1) is 0 Å². The van der Waals surface area contributed by atoms with Crippen LogP contribution in [-0.4, -0.2) is 21.4 Å². The van der Waals surface area contributed by atoms with Crippen molar-refractivity contribution in [1.82, 2.24) is 5.32 Å². The van der Waals surface area contributed by atoms with Gasteiger partial charge in [-0.1, -0.05) is 36.4 Å². The number of anilines is 1. The normalized spacial score (nSPS) is 11.1. The SMILES string of the molecule is CN(c1ccccc1F)S(=O)(=O)c1cccc(C(=O)NCc2ccccc2F)c1. The van der Waals surface area contributed by atoms with E-state index in [1.54, 1.807) is 18.2 Å². The van der Waals surface area contributed by atoms with Crippen molar-refractivity contribution in [2.45, 2.75) is 11.4 Å². The first kappa shape index (κ1) is 20.5. The molecule has 0 aliphatic carbocycles. The average molecular weight is 416 g/mol. The van der Waals surface area contributed by atoms with Crippen molar-refractivity contribution in [3.05, 3.63) is 95.6 Å². The van der Waals surface area contributed by atoms with Gasteiger partial charge < -0.3 is 5.32 Å². The van der Waals surface area contributed by atoms with E-state index in [1.165, 1.54) is 55.6 Å². The number of nitrogens with zero attached hydrogens (tertiary/aromatic N) is 1. The molecule has 150 valence electrons. The molecule has 1 N–H and O–H groups in total. The van der Waals surface area contributed by atoms with Crippen LogP contribution in [0.4, 0.5) is 14.5 Å². The average Bonchev–Trinajstić information content (AvgIpc) is 2.73. The highest BCUT2D eigenvalue weighted by molar-refractivity contribution is 7.92. The summed E-state index contributed by atoms with van der Waals surface area (Å²) < 4.78 is 54.2. The first-order valence-electron chi connectivity index (χ1n) is 8.66. The van der Waals surface area contributed by atoms with Crippen molar-refractivity contribution in [1.29, 1.82) is 0 Å². The minimum absolute atomic E-state index is 0.0440. The first-order chi connectivity index (χ1) is 13.8. The van der Waals surface area contributed by atoms with Gasteiger partial charge in [0.15, 0.2) is 0 Å². The van der Waals surface area contributed by atoms with Gasteiger partial charge in [-0.05, 0) is 36.4 Å². The van der Waals surface area contributed by atoms with E-state index >= 15 is 0 Å². The zero-order valence-corrected chi connectivity index (χ0v) is 16.3. The predicted octanol–water partition coefficient (Wildman–Crippen LogP) is 3.72. The molecule has 0 heterocycles. The fourth-order valence-corrected chi connectivity index (χ4v) is 3.96. The minimum Gasteiger partial charge on any atom is -0.348 e. The Morgan fingerprint density at radius 1 is 0.931 bits per heavy atom. The highest BCUT2D eigenvalue weighted by Gasteiger charge is 2.24. The molecule has 29 heavy (non-hydrogen) atoms. The molecule has 0 saturated heterocycles. The zero-order valence-electron chi connectivity index (χ0n) is 15.5. The number of rotatable bonds is 6. The van der Waals surface area contributed by atoms with E-state index in [2.05, 4.69) is 5.32 Å². The third-order valence-electron chi connectivity index (χ3n) is 4.34. The summed E-state index contributed by atoms with van der Waals surface area (Å²) >= 11 is 0. The monoisotopic (exact) mass is 416 g/mol. The largest absolute Gasteiger partial charge is 0.348 e. The Hall–Kier alpha value is -3.26. The first-order valence-corrected chi connectivity index (χ1v) is 10.1. The molecule has 0 saturated carbocycles. The number of amides is 1. The van der Waals surface area contributed by atoms with Gasteiger partial charge in [-0.25, -0.2) is 17.2 Å². The summed E-state index contributed by atoms with van der Waals surface area (Å²) in [6.45, 7) is -0.0440.